The van der Waals surface area contributed by atoms with Crippen LogP contribution in [0.5, 0.6) is 0 Å². The second-order valence-corrected chi connectivity index (χ2v) is 7.61. The first kappa shape index (κ1) is 13.3. The maximum Gasteiger partial charge on any atom is 0.151 e. The number of hydrogen-bond acceptors (Lipinski definition) is 4. The summed E-state index contributed by atoms with van der Waals surface area (Å²) in [5.41, 5.74) is 5.82. The Balaban J connectivity index is 2.06. The van der Waals surface area contributed by atoms with Crippen LogP contribution in [0.25, 0.3) is 0 Å². The van der Waals surface area contributed by atoms with E-state index in [4.69, 9.17) is 5.73 Å². The van der Waals surface area contributed by atoms with E-state index < -0.39 is 9.84 Å². The van der Waals surface area contributed by atoms with Crippen LogP contribution in [-0.4, -0.2) is 50.0 Å². The van der Waals surface area contributed by atoms with Crippen molar-refractivity contribution in [3.8, 4) is 0 Å². The van der Waals surface area contributed by atoms with E-state index in [1.165, 1.54) is 19.3 Å². The summed E-state index contributed by atoms with van der Waals surface area (Å²) in [5.74, 6) is 1.29. The molecule has 2 fully saturated rings. The Morgan fingerprint density at radius 2 is 2.06 bits per heavy atom. The molecule has 0 aromatic carbocycles. The van der Waals surface area contributed by atoms with Crippen LogP contribution in [0, 0.1) is 5.92 Å². The second-order valence-electron chi connectivity index (χ2n) is 5.38. The van der Waals surface area contributed by atoms with Gasteiger partial charge in [0.2, 0.25) is 0 Å². The van der Waals surface area contributed by atoms with Crippen LogP contribution in [0.1, 0.15) is 32.6 Å². The molecule has 0 aromatic heterocycles. The normalized spacial score (nSPS) is 36.8. The van der Waals surface area contributed by atoms with Crippen LogP contribution in [0.4, 0.5) is 0 Å². The summed E-state index contributed by atoms with van der Waals surface area (Å²) in [6.07, 6.45) is 4.44. The van der Waals surface area contributed by atoms with Crippen molar-refractivity contribution >= 4 is 9.84 Å². The summed E-state index contributed by atoms with van der Waals surface area (Å²) in [6, 6.07) is 0.755. The predicted octanol–water partition coefficient (Wildman–Crippen LogP) is 0.623. The van der Waals surface area contributed by atoms with Gasteiger partial charge in [-0.1, -0.05) is 13.3 Å². The van der Waals surface area contributed by atoms with Gasteiger partial charge in [0.25, 0.3) is 0 Å². The lowest BCUT2D eigenvalue weighted by Crippen LogP contribution is -2.47. The number of nitrogens with zero attached hydrogens (tertiary/aromatic N) is 1. The molecule has 3 atom stereocenters. The van der Waals surface area contributed by atoms with Crippen LogP contribution in [0.3, 0.4) is 0 Å². The summed E-state index contributed by atoms with van der Waals surface area (Å²) < 4.78 is 23.2. The molecule has 17 heavy (non-hydrogen) atoms. The van der Waals surface area contributed by atoms with Crippen LogP contribution in [0.2, 0.25) is 0 Å². The van der Waals surface area contributed by atoms with Gasteiger partial charge in [-0.2, -0.15) is 0 Å². The van der Waals surface area contributed by atoms with Gasteiger partial charge in [-0.15, -0.1) is 0 Å². The van der Waals surface area contributed by atoms with Gasteiger partial charge < -0.3 is 5.73 Å². The van der Waals surface area contributed by atoms with Gasteiger partial charge in [0.05, 0.1) is 11.5 Å². The van der Waals surface area contributed by atoms with Crippen molar-refractivity contribution in [1.82, 2.24) is 4.90 Å². The Morgan fingerprint density at radius 1 is 1.29 bits per heavy atom. The van der Waals surface area contributed by atoms with Crippen molar-refractivity contribution in [3.05, 3.63) is 0 Å². The summed E-state index contributed by atoms with van der Waals surface area (Å²) in [5, 5.41) is 0. The summed E-state index contributed by atoms with van der Waals surface area (Å²) >= 11 is 0. The Hall–Kier alpha value is -0.130. The molecule has 1 heterocycles. The SMILES string of the molecule is CCN(C1CCS(=O)(=O)C1)C1CCCC1CN. The van der Waals surface area contributed by atoms with E-state index in [9.17, 15) is 8.42 Å². The van der Waals surface area contributed by atoms with Crippen LogP contribution >= 0.6 is 0 Å². The molecule has 0 amide bonds. The quantitative estimate of drug-likeness (QED) is 0.805. The first-order chi connectivity index (χ1) is 8.07. The van der Waals surface area contributed by atoms with E-state index in [1.54, 1.807) is 0 Å². The summed E-state index contributed by atoms with van der Waals surface area (Å²) in [7, 11) is -2.78. The largest absolute Gasteiger partial charge is 0.330 e. The lowest BCUT2D eigenvalue weighted by Gasteiger charge is -2.36. The lowest BCUT2D eigenvalue weighted by atomic mass is 10.00. The fraction of sp³-hybridized carbons (Fsp3) is 1.00. The predicted molar refractivity (Wildman–Crippen MR) is 69.6 cm³/mol. The number of rotatable bonds is 4. The standard InChI is InChI=1S/C12H24N2O2S/c1-2-14(11-6-7-17(15,16)9-11)12-5-3-4-10(12)8-13/h10-12H,2-9,13H2,1H3. The average molecular weight is 260 g/mol. The Bertz CT molecular complexity index is 356. The molecule has 2 N–H and O–H groups in total. The lowest BCUT2D eigenvalue weighted by molar-refractivity contribution is 0.126. The third-order valence-corrected chi connectivity index (χ3v) is 6.14. The molecule has 3 unspecified atom stereocenters. The molecular formula is C12H24N2O2S. The number of nitrogens with two attached hydrogens (primary N) is 1. The third-order valence-electron chi connectivity index (χ3n) is 4.39. The van der Waals surface area contributed by atoms with E-state index >= 15 is 0 Å². The van der Waals surface area contributed by atoms with Crippen LogP contribution < -0.4 is 5.73 Å². The molecule has 100 valence electrons. The minimum atomic E-state index is -2.78. The average Bonchev–Trinajstić information content (AvgIpc) is 2.87. The second kappa shape index (κ2) is 5.24. The first-order valence-electron chi connectivity index (χ1n) is 6.73. The third kappa shape index (κ3) is 2.83. The molecule has 4 nitrogen and oxygen atoms in total. The molecule has 1 aliphatic heterocycles. The molecule has 1 aliphatic carbocycles. The molecule has 0 spiro atoms. The van der Waals surface area contributed by atoms with Crippen molar-refractivity contribution in [2.24, 2.45) is 11.7 Å². The van der Waals surface area contributed by atoms with Gasteiger partial charge in [-0.25, -0.2) is 8.42 Å². The van der Waals surface area contributed by atoms with E-state index in [-0.39, 0.29) is 6.04 Å². The van der Waals surface area contributed by atoms with Crippen molar-refractivity contribution in [3.63, 3.8) is 0 Å². The molecule has 0 aromatic rings. The van der Waals surface area contributed by atoms with Gasteiger partial charge in [0.15, 0.2) is 9.84 Å². The molecular weight excluding hydrogens is 236 g/mol. The van der Waals surface area contributed by atoms with Gasteiger partial charge in [0, 0.05) is 12.1 Å². The zero-order valence-corrected chi connectivity index (χ0v) is 11.5. The number of sulfone groups is 1. The minimum Gasteiger partial charge on any atom is -0.330 e. The van der Waals surface area contributed by atoms with Crippen molar-refractivity contribution in [2.45, 2.75) is 44.7 Å². The number of hydrogen-bond donors (Lipinski definition) is 1. The maximum atomic E-state index is 11.6. The van der Waals surface area contributed by atoms with Gasteiger partial charge in [-0.05, 0) is 38.3 Å². The van der Waals surface area contributed by atoms with Crippen molar-refractivity contribution in [1.29, 1.82) is 0 Å². The van der Waals surface area contributed by atoms with Gasteiger partial charge >= 0.3 is 0 Å². The Labute approximate surface area is 104 Å². The van der Waals surface area contributed by atoms with Gasteiger partial charge in [0.1, 0.15) is 0 Å². The molecule has 0 radical (unpaired) electrons. The highest BCUT2D eigenvalue weighted by molar-refractivity contribution is 7.91. The Morgan fingerprint density at radius 3 is 2.59 bits per heavy atom. The summed E-state index contributed by atoms with van der Waals surface area (Å²) in [4.78, 5) is 2.41. The van der Waals surface area contributed by atoms with E-state index in [1.807, 2.05) is 0 Å². The van der Waals surface area contributed by atoms with E-state index in [0.29, 0.717) is 23.5 Å². The fourth-order valence-corrected chi connectivity index (χ4v) is 5.27. The molecule has 2 aliphatic rings. The fourth-order valence-electron chi connectivity index (χ4n) is 3.53. The zero-order valence-electron chi connectivity index (χ0n) is 10.6. The smallest absolute Gasteiger partial charge is 0.151 e. The first-order valence-corrected chi connectivity index (χ1v) is 8.55. The summed E-state index contributed by atoms with van der Waals surface area (Å²) in [6.45, 7) is 3.82. The van der Waals surface area contributed by atoms with E-state index in [2.05, 4.69) is 11.8 Å². The maximum absolute atomic E-state index is 11.6. The van der Waals surface area contributed by atoms with Gasteiger partial charge in [-0.3, -0.25) is 4.90 Å². The van der Waals surface area contributed by atoms with E-state index in [0.717, 1.165) is 19.5 Å². The zero-order chi connectivity index (χ0) is 12.5. The Kier molecular flexibility index (Phi) is 4.10. The molecule has 1 saturated heterocycles. The monoisotopic (exact) mass is 260 g/mol. The highest BCUT2D eigenvalue weighted by Crippen LogP contribution is 2.32. The molecule has 0 bridgehead atoms. The molecule has 1 saturated carbocycles. The highest BCUT2D eigenvalue weighted by Gasteiger charge is 2.38. The molecule has 5 heteroatoms. The molecule has 2 rings (SSSR count). The van der Waals surface area contributed by atoms with Crippen LogP contribution in [0.15, 0.2) is 0 Å². The highest BCUT2D eigenvalue weighted by atomic mass is 32.2. The topological polar surface area (TPSA) is 63.4 Å². The van der Waals surface area contributed by atoms with Crippen molar-refractivity contribution < 1.29 is 8.42 Å². The van der Waals surface area contributed by atoms with Crippen molar-refractivity contribution in [2.75, 3.05) is 24.6 Å². The minimum absolute atomic E-state index is 0.238. The van der Waals surface area contributed by atoms with Crippen LogP contribution in [-0.2, 0) is 9.84 Å².